The topological polar surface area (TPSA) is 51.8 Å². The van der Waals surface area contributed by atoms with E-state index in [1.807, 2.05) is 24.6 Å². The minimum Gasteiger partial charge on any atom is -0.320 e. The van der Waals surface area contributed by atoms with Gasteiger partial charge in [0.25, 0.3) is 0 Å². The molecule has 72 valence electrons. The van der Waals surface area contributed by atoms with E-state index in [2.05, 4.69) is 9.97 Å². The Hall–Kier alpha value is -1.26. The first-order chi connectivity index (χ1) is 6.79. The highest BCUT2D eigenvalue weighted by Crippen LogP contribution is 2.24. The van der Waals surface area contributed by atoms with Gasteiger partial charge in [-0.25, -0.2) is 4.98 Å². The summed E-state index contributed by atoms with van der Waals surface area (Å²) in [7, 11) is 0. The third-order valence-corrected chi connectivity index (χ3v) is 3.12. The summed E-state index contributed by atoms with van der Waals surface area (Å²) in [4.78, 5) is 9.34. The van der Waals surface area contributed by atoms with Crippen molar-refractivity contribution < 1.29 is 0 Å². The molecular weight excluding hydrogens is 194 g/mol. The lowest BCUT2D eigenvalue weighted by Gasteiger charge is -2.09. The predicted octanol–water partition coefficient (Wildman–Crippen LogP) is 1.89. The lowest BCUT2D eigenvalue weighted by molar-refractivity contribution is 0.869. The van der Waals surface area contributed by atoms with E-state index in [0.717, 1.165) is 16.1 Å². The Labute approximate surface area is 86.6 Å². The molecule has 2 N–H and O–H groups in total. The highest BCUT2D eigenvalue weighted by Gasteiger charge is 2.13. The second-order valence-corrected chi connectivity index (χ2v) is 3.95. The van der Waals surface area contributed by atoms with Crippen LogP contribution in [0.15, 0.2) is 30.0 Å². The smallest absolute Gasteiger partial charge is 0.0798 e. The summed E-state index contributed by atoms with van der Waals surface area (Å²) in [6.07, 6.45) is 3.54. The zero-order valence-electron chi connectivity index (χ0n) is 7.84. The van der Waals surface area contributed by atoms with Crippen molar-refractivity contribution in [2.75, 3.05) is 0 Å². The third kappa shape index (κ3) is 1.66. The molecule has 2 aromatic heterocycles. The molecule has 4 heteroatoms. The Morgan fingerprint density at radius 2 is 2.36 bits per heavy atom. The van der Waals surface area contributed by atoms with E-state index in [1.165, 1.54) is 0 Å². The molecule has 2 heterocycles. The first-order valence-electron chi connectivity index (χ1n) is 4.34. The number of nitrogens with zero attached hydrogens (tertiary/aromatic N) is 2. The van der Waals surface area contributed by atoms with Gasteiger partial charge in [0.05, 0.1) is 17.2 Å². The Bertz CT molecular complexity index is 410. The van der Waals surface area contributed by atoms with Crippen molar-refractivity contribution >= 4 is 11.3 Å². The molecule has 0 saturated heterocycles. The summed E-state index contributed by atoms with van der Waals surface area (Å²) < 4.78 is 0. The maximum atomic E-state index is 6.09. The molecule has 2 aromatic rings. The first kappa shape index (κ1) is 9.30. The van der Waals surface area contributed by atoms with Crippen LogP contribution >= 0.6 is 11.3 Å². The van der Waals surface area contributed by atoms with Crippen LogP contribution in [0, 0.1) is 6.92 Å². The van der Waals surface area contributed by atoms with Crippen LogP contribution in [0.3, 0.4) is 0 Å². The van der Waals surface area contributed by atoms with Crippen LogP contribution in [-0.4, -0.2) is 9.97 Å². The summed E-state index contributed by atoms with van der Waals surface area (Å²) in [6.45, 7) is 1.97. The van der Waals surface area contributed by atoms with Crippen molar-refractivity contribution in [3.05, 3.63) is 46.2 Å². The molecule has 14 heavy (non-hydrogen) atoms. The molecule has 0 bridgehead atoms. The normalized spacial score (nSPS) is 12.7. The van der Waals surface area contributed by atoms with Crippen molar-refractivity contribution in [1.82, 2.24) is 9.97 Å². The van der Waals surface area contributed by atoms with Crippen LogP contribution in [0.25, 0.3) is 0 Å². The zero-order valence-corrected chi connectivity index (χ0v) is 8.66. The van der Waals surface area contributed by atoms with Crippen molar-refractivity contribution in [2.45, 2.75) is 13.0 Å². The molecule has 0 aliphatic rings. The second kappa shape index (κ2) is 3.86. The van der Waals surface area contributed by atoms with Gasteiger partial charge in [-0.3, -0.25) is 4.98 Å². The molecule has 1 atom stereocenters. The summed E-state index contributed by atoms with van der Waals surface area (Å²) in [5.41, 5.74) is 9.95. The number of rotatable bonds is 2. The molecule has 1 unspecified atom stereocenters. The molecule has 0 aliphatic carbocycles. The summed E-state index contributed by atoms with van der Waals surface area (Å²) in [5.74, 6) is 0. The lowest BCUT2D eigenvalue weighted by atomic mass is 10.1. The van der Waals surface area contributed by atoms with Crippen LogP contribution in [-0.2, 0) is 0 Å². The molecule has 3 nitrogen and oxygen atoms in total. The highest BCUT2D eigenvalue weighted by atomic mass is 32.1. The maximum absolute atomic E-state index is 6.09. The van der Waals surface area contributed by atoms with E-state index in [9.17, 15) is 0 Å². The van der Waals surface area contributed by atoms with Gasteiger partial charge >= 0.3 is 0 Å². The predicted molar refractivity (Wildman–Crippen MR) is 57.1 cm³/mol. The van der Waals surface area contributed by atoms with E-state index >= 15 is 0 Å². The number of pyridine rings is 1. The molecule has 0 aromatic carbocycles. The molecule has 0 amide bonds. The van der Waals surface area contributed by atoms with Gasteiger partial charge < -0.3 is 5.73 Å². The first-order valence-corrected chi connectivity index (χ1v) is 5.22. The number of thiazole rings is 1. The Morgan fingerprint density at radius 3 is 2.93 bits per heavy atom. The lowest BCUT2D eigenvalue weighted by Crippen LogP contribution is -2.11. The van der Waals surface area contributed by atoms with Gasteiger partial charge in [-0.05, 0) is 18.6 Å². The summed E-state index contributed by atoms with van der Waals surface area (Å²) >= 11 is 1.59. The largest absolute Gasteiger partial charge is 0.320 e. The van der Waals surface area contributed by atoms with Crippen LogP contribution in [0.1, 0.15) is 22.2 Å². The average Bonchev–Trinajstić information content (AvgIpc) is 2.65. The van der Waals surface area contributed by atoms with Gasteiger partial charge in [-0.15, -0.1) is 11.3 Å². The van der Waals surface area contributed by atoms with Gasteiger partial charge in [-0.1, -0.05) is 6.07 Å². The quantitative estimate of drug-likeness (QED) is 0.814. The third-order valence-electron chi connectivity index (χ3n) is 2.11. The Kier molecular flexibility index (Phi) is 2.56. The molecule has 2 rings (SSSR count). The van der Waals surface area contributed by atoms with Crippen LogP contribution in [0.5, 0.6) is 0 Å². The number of aromatic nitrogens is 2. The SMILES string of the molecule is Cc1ncsc1C(N)c1cccnc1. The second-order valence-electron chi connectivity index (χ2n) is 3.07. The van der Waals surface area contributed by atoms with Crippen LogP contribution < -0.4 is 5.73 Å². The fourth-order valence-corrected chi connectivity index (χ4v) is 2.15. The molecule has 0 saturated carbocycles. The van der Waals surface area contributed by atoms with Crippen LogP contribution in [0.4, 0.5) is 0 Å². The number of hydrogen-bond acceptors (Lipinski definition) is 4. The molecular formula is C10H11N3S. The van der Waals surface area contributed by atoms with Gasteiger partial charge in [0.2, 0.25) is 0 Å². The highest BCUT2D eigenvalue weighted by molar-refractivity contribution is 7.09. The molecule has 0 fully saturated rings. The van der Waals surface area contributed by atoms with Crippen LogP contribution in [0.2, 0.25) is 0 Å². The van der Waals surface area contributed by atoms with Crippen molar-refractivity contribution in [3.63, 3.8) is 0 Å². The molecule has 0 spiro atoms. The number of hydrogen-bond donors (Lipinski definition) is 1. The summed E-state index contributed by atoms with van der Waals surface area (Å²) in [6, 6.07) is 3.78. The van der Waals surface area contributed by atoms with Crippen molar-refractivity contribution in [3.8, 4) is 0 Å². The van der Waals surface area contributed by atoms with E-state index in [0.29, 0.717) is 0 Å². The molecule has 0 aliphatic heterocycles. The minimum atomic E-state index is -0.101. The van der Waals surface area contributed by atoms with E-state index < -0.39 is 0 Å². The van der Waals surface area contributed by atoms with Gasteiger partial charge in [0.1, 0.15) is 0 Å². The van der Waals surface area contributed by atoms with Gasteiger partial charge in [0, 0.05) is 17.3 Å². The zero-order chi connectivity index (χ0) is 9.97. The minimum absolute atomic E-state index is 0.101. The monoisotopic (exact) mass is 205 g/mol. The fourth-order valence-electron chi connectivity index (χ4n) is 1.32. The number of aryl methyl sites for hydroxylation is 1. The standard InChI is InChI=1S/C10H11N3S/c1-7-10(14-6-13-7)9(11)8-3-2-4-12-5-8/h2-6,9H,11H2,1H3. The van der Waals surface area contributed by atoms with Gasteiger partial charge in [0.15, 0.2) is 0 Å². The molecule has 0 radical (unpaired) electrons. The average molecular weight is 205 g/mol. The number of nitrogens with two attached hydrogens (primary N) is 1. The van der Waals surface area contributed by atoms with E-state index in [-0.39, 0.29) is 6.04 Å². The van der Waals surface area contributed by atoms with Crippen molar-refractivity contribution in [2.24, 2.45) is 5.73 Å². The van der Waals surface area contributed by atoms with E-state index in [4.69, 9.17) is 5.73 Å². The maximum Gasteiger partial charge on any atom is 0.0798 e. The Morgan fingerprint density at radius 1 is 1.50 bits per heavy atom. The van der Waals surface area contributed by atoms with Gasteiger partial charge in [-0.2, -0.15) is 0 Å². The fraction of sp³-hybridized carbons (Fsp3) is 0.200. The van der Waals surface area contributed by atoms with E-state index in [1.54, 1.807) is 23.7 Å². The van der Waals surface area contributed by atoms with Crippen molar-refractivity contribution in [1.29, 1.82) is 0 Å². The summed E-state index contributed by atoms with van der Waals surface area (Å²) in [5, 5.41) is 0. The Balaban J connectivity index is 2.34.